The van der Waals surface area contributed by atoms with Crippen LogP contribution in [0.5, 0.6) is 0 Å². The molecule has 1 saturated heterocycles. The number of amides is 2. The molecule has 1 fully saturated rings. The van der Waals surface area contributed by atoms with E-state index in [4.69, 9.17) is 0 Å². The van der Waals surface area contributed by atoms with Crippen molar-refractivity contribution in [3.8, 4) is 0 Å². The zero-order chi connectivity index (χ0) is 18.9. The van der Waals surface area contributed by atoms with Gasteiger partial charge in [0, 0.05) is 32.2 Å². The Morgan fingerprint density at radius 3 is 2.63 bits per heavy atom. The molecule has 1 spiro atoms. The highest BCUT2D eigenvalue weighted by atomic mass is 16.2. The van der Waals surface area contributed by atoms with Crippen LogP contribution < -0.4 is 10.6 Å². The molecule has 2 aliphatic rings. The molecule has 2 N–H and O–H groups in total. The number of hydrogen-bond acceptors (Lipinski definition) is 3. The Morgan fingerprint density at radius 1 is 1.15 bits per heavy atom. The SMILES string of the molecule is CC(=O)Nc1ccc(CN2CCC3(Cc4ccccc4CNC3=O)C2)cc1. The molecule has 2 aliphatic heterocycles. The molecule has 0 saturated carbocycles. The van der Waals surface area contributed by atoms with Crippen molar-refractivity contribution >= 4 is 17.5 Å². The summed E-state index contributed by atoms with van der Waals surface area (Å²) in [6, 6.07) is 16.3. The van der Waals surface area contributed by atoms with E-state index in [2.05, 4.69) is 33.7 Å². The van der Waals surface area contributed by atoms with Gasteiger partial charge in [-0.1, -0.05) is 36.4 Å². The van der Waals surface area contributed by atoms with Gasteiger partial charge in [0.25, 0.3) is 0 Å². The van der Waals surface area contributed by atoms with Crippen LogP contribution in [0.15, 0.2) is 48.5 Å². The summed E-state index contributed by atoms with van der Waals surface area (Å²) in [7, 11) is 0. The van der Waals surface area contributed by atoms with Gasteiger partial charge in [0.1, 0.15) is 0 Å². The number of hydrogen-bond donors (Lipinski definition) is 2. The van der Waals surface area contributed by atoms with Gasteiger partial charge in [0.2, 0.25) is 11.8 Å². The van der Waals surface area contributed by atoms with Crippen LogP contribution in [0.3, 0.4) is 0 Å². The number of carbonyl (C=O) groups excluding carboxylic acids is 2. The molecule has 1 atom stereocenters. The summed E-state index contributed by atoms with van der Waals surface area (Å²) in [4.78, 5) is 26.4. The van der Waals surface area contributed by atoms with Crippen molar-refractivity contribution < 1.29 is 9.59 Å². The van der Waals surface area contributed by atoms with Crippen molar-refractivity contribution in [2.45, 2.75) is 32.9 Å². The number of likely N-dealkylation sites (tertiary alicyclic amines) is 1. The number of carbonyl (C=O) groups is 2. The van der Waals surface area contributed by atoms with Gasteiger partial charge in [-0.25, -0.2) is 0 Å². The van der Waals surface area contributed by atoms with E-state index in [0.717, 1.165) is 38.2 Å². The summed E-state index contributed by atoms with van der Waals surface area (Å²) in [5.41, 5.74) is 4.19. The first-order chi connectivity index (χ1) is 13.0. The van der Waals surface area contributed by atoms with E-state index < -0.39 is 0 Å². The Bertz CT molecular complexity index is 862. The summed E-state index contributed by atoms with van der Waals surface area (Å²) in [5.74, 6) is 0.117. The van der Waals surface area contributed by atoms with Crippen LogP contribution in [0.4, 0.5) is 5.69 Å². The Kier molecular flexibility index (Phi) is 4.70. The zero-order valence-electron chi connectivity index (χ0n) is 15.6. The maximum absolute atomic E-state index is 12.9. The Balaban J connectivity index is 1.46. The lowest BCUT2D eigenvalue weighted by molar-refractivity contribution is -0.130. The highest BCUT2D eigenvalue weighted by Gasteiger charge is 2.45. The fourth-order valence-corrected chi connectivity index (χ4v) is 4.29. The molecule has 0 radical (unpaired) electrons. The third kappa shape index (κ3) is 3.74. The highest BCUT2D eigenvalue weighted by molar-refractivity contribution is 5.88. The smallest absolute Gasteiger partial charge is 0.228 e. The fourth-order valence-electron chi connectivity index (χ4n) is 4.29. The lowest BCUT2D eigenvalue weighted by atomic mass is 9.80. The van der Waals surface area contributed by atoms with Crippen LogP contribution in [-0.2, 0) is 29.1 Å². The highest BCUT2D eigenvalue weighted by Crippen LogP contribution is 2.37. The first-order valence-corrected chi connectivity index (χ1v) is 9.48. The van der Waals surface area contributed by atoms with Crippen molar-refractivity contribution in [1.29, 1.82) is 0 Å². The molecule has 2 amide bonds. The predicted octanol–water partition coefficient (Wildman–Crippen LogP) is 2.71. The summed E-state index contributed by atoms with van der Waals surface area (Å²) in [5, 5.41) is 5.93. The first kappa shape index (κ1) is 17.7. The van der Waals surface area contributed by atoms with Crippen LogP contribution in [0.1, 0.15) is 30.0 Å². The van der Waals surface area contributed by atoms with Crippen LogP contribution in [0.2, 0.25) is 0 Å². The second kappa shape index (κ2) is 7.16. The average molecular weight is 363 g/mol. The molecule has 27 heavy (non-hydrogen) atoms. The van der Waals surface area contributed by atoms with Gasteiger partial charge < -0.3 is 10.6 Å². The maximum atomic E-state index is 12.9. The number of fused-ring (bicyclic) bond motifs is 1. The van der Waals surface area contributed by atoms with Crippen LogP contribution in [0, 0.1) is 5.41 Å². The van der Waals surface area contributed by atoms with Gasteiger partial charge in [0.05, 0.1) is 5.41 Å². The Morgan fingerprint density at radius 2 is 1.89 bits per heavy atom. The van der Waals surface area contributed by atoms with E-state index in [-0.39, 0.29) is 17.2 Å². The summed E-state index contributed by atoms with van der Waals surface area (Å²) in [6.45, 7) is 4.65. The van der Waals surface area contributed by atoms with E-state index in [1.54, 1.807) is 0 Å². The van der Waals surface area contributed by atoms with E-state index in [9.17, 15) is 9.59 Å². The van der Waals surface area contributed by atoms with Crippen molar-refractivity contribution in [3.05, 3.63) is 65.2 Å². The van der Waals surface area contributed by atoms with Crippen molar-refractivity contribution in [2.75, 3.05) is 18.4 Å². The average Bonchev–Trinajstić information content (AvgIpc) is 2.99. The van der Waals surface area contributed by atoms with Crippen LogP contribution in [0.25, 0.3) is 0 Å². The fraction of sp³-hybridized carbons (Fsp3) is 0.364. The van der Waals surface area contributed by atoms with E-state index in [1.807, 2.05) is 30.3 Å². The van der Waals surface area contributed by atoms with Gasteiger partial charge in [0.15, 0.2) is 0 Å². The third-order valence-corrected chi connectivity index (χ3v) is 5.68. The summed E-state index contributed by atoms with van der Waals surface area (Å²) >= 11 is 0. The Hall–Kier alpha value is -2.66. The van der Waals surface area contributed by atoms with Gasteiger partial charge >= 0.3 is 0 Å². The number of anilines is 1. The normalized spacial score (nSPS) is 22.2. The number of nitrogens with one attached hydrogen (secondary N) is 2. The zero-order valence-corrected chi connectivity index (χ0v) is 15.6. The van der Waals surface area contributed by atoms with Crippen LogP contribution in [-0.4, -0.2) is 29.8 Å². The number of rotatable bonds is 3. The number of benzene rings is 2. The molecule has 2 heterocycles. The Labute approximate surface area is 159 Å². The molecule has 0 aromatic heterocycles. The second-order valence-electron chi connectivity index (χ2n) is 7.75. The first-order valence-electron chi connectivity index (χ1n) is 9.48. The molecule has 5 nitrogen and oxygen atoms in total. The topological polar surface area (TPSA) is 61.4 Å². The lowest BCUT2D eigenvalue weighted by Gasteiger charge is -2.26. The molecule has 1 unspecified atom stereocenters. The standard InChI is InChI=1S/C22H25N3O2/c1-16(26)24-20-8-6-17(7-9-20)14-25-11-10-22(15-25)12-18-4-2-3-5-19(18)13-23-21(22)27/h2-9H,10-15H2,1H3,(H,23,27)(H,24,26). The minimum atomic E-state index is -0.331. The monoisotopic (exact) mass is 363 g/mol. The minimum Gasteiger partial charge on any atom is -0.351 e. The largest absolute Gasteiger partial charge is 0.351 e. The molecule has 4 rings (SSSR count). The van der Waals surface area contributed by atoms with E-state index >= 15 is 0 Å². The maximum Gasteiger partial charge on any atom is 0.228 e. The molecule has 2 aromatic rings. The molecule has 5 heteroatoms. The molecule has 0 aliphatic carbocycles. The third-order valence-electron chi connectivity index (χ3n) is 5.68. The van der Waals surface area contributed by atoms with Crippen molar-refractivity contribution in [3.63, 3.8) is 0 Å². The quantitative estimate of drug-likeness (QED) is 0.881. The molecule has 140 valence electrons. The van der Waals surface area contributed by atoms with Crippen LogP contribution >= 0.6 is 0 Å². The summed E-state index contributed by atoms with van der Waals surface area (Å²) < 4.78 is 0. The molecule has 2 aromatic carbocycles. The van der Waals surface area contributed by atoms with E-state index in [1.165, 1.54) is 23.6 Å². The lowest BCUT2D eigenvalue weighted by Crippen LogP contribution is -2.42. The van der Waals surface area contributed by atoms with Crippen molar-refractivity contribution in [1.82, 2.24) is 10.2 Å². The molecule has 0 bridgehead atoms. The second-order valence-corrected chi connectivity index (χ2v) is 7.75. The molecular formula is C22H25N3O2. The predicted molar refractivity (Wildman–Crippen MR) is 105 cm³/mol. The van der Waals surface area contributed by atoms with Gasteiger partial charge in [-0.05, 0) is 48.2 Å². The molecular weight excluding hydrogens is 338 g/mol. The van der Waals surface area contributed by atoms with Gasteiger partial charge in [-0.2, -0.15) is 0 Å². The van der Waals surface area contributed by atoms with Gasteiger partial charge in [-0.15, -0.1) is 0 Å². The summed E-state index contributed by atoms with van der Waals surface area (Å²) in [6.07, 6.45) is 1.70. The minimum absolute atomic E-state index is 0.0658. The van der Waals surface area contributed by atoms with Gasteiger partial charge in [-0.3, -0.25) is 14.5 Å². The number of nitrogens with zero attached hydrogens (tertiary/aromatic N) is 1. The van der Waals surface area contributed by atoms with E-state index in [0.29, 0.717) is 6.54 Å². The van der Waals surface area contributed by atoms with Crippen molar-refractivity contribution in [2.24, 2.45) is 5.41 Å².